The number of phenols is 1. The van der Waals surface area contributed by atoms with Crippen LogP contribution in [0.3, 0.4) is 0 Å². The Balaban J connectivity index is 1.80. The van der Waals surface area contributed by atoms with E-state index in [2.05, 4.69) is 20.9 Å². The minimum absolute atomic E-state index is 0.00274. The fourth-order valence-electron chi connectivity index (χ4n) is 4.48. The summed E-state index contributed by atoms with van der Waals surface area (Å²) in [5, 5.41) is 11.4. The first-order valence-electron chi connectivity index (χ1n) is 11.1. The molecule has 1 atom stereocenters. The molecule has 2 aromatic heterocycles. The van der Waals surface area contributed by atoms with Crippen molar-refractivity contribution >= 4 is 27.5 Å². The molecule has 35 heavy (non-hydrogen) atoms. The fraction of sp³-hybridized carbons (Fsp3) is 0.269. The number of aromatic nitrogens is 3. The number of nitrogens with zero attached hydrogens (tertiary/aromatic N) is 4. The summed E-state index contributed by atoms with van der Waals surface area (Å²) in [4.78, 5) is 15.2. The SMILES string of the molecule is C#Cc1c(F)ccc2cc(O)cc(-c3ncc4c(N5CCOCCC5C)nc(OC)nc4c3F)c12. The minimum Gasteiger partial charge on any atom is -0.508 e. The molecule has 1 aliphatic heterocycles. The van der Waals surface area contributed by atoms with Gasteiger partial charge in [0, 0.05) is 36.3 Å². The number of hydrogen-bond acceptors (Lipinski definition) is 7. The molecule has 0 radical (unpaired) electrons. The van der Waals surface area contributed by atoms with Crippen molar-refractivity contribution in [1.29, 1.82) is 0 Å². The van der Waals surface area contributed by atoms with Crippen LogP contribution in [0.1, 0.15) is 18.9 Å². The lowest BCUT2D eigenvalue weighted by Crippen LogP contribution is -2.34. The normalized spacial score (nSPS) is 16.3. The van der Waals surface area contributed by atoms with Gasteiger partial charge in [-0.15, -0.1) is 6.42 Å². The number of terminal acetylenes is 1. The number of benzene rings is 2. The summed E-state index contributed by atoms with van der Waals surface area (Å²) in [5.41, 5.74) is -0.0236. The van der Waals surface area contributed by atoms with Gasteiger partial charge >= 0.3 is 6.01 Å². The molecular weight excluding hydrogens is 454 g/mol. The monoisotopic (exact) mass is 476 g/mol. The third kappa shape index (κ3) is 3.86. The van der Waals surface area contributed by atoms with Gasteiger partial charge in [0.1, 0.15) is 28.6 Å². The number of phenolic OH excluding ortho intramolecular Hbond substituents is 1. The van der Waals surface area contributed by atoms with E-state index in [9.17, 15) is 9.50 Å². The molecule has 0 amide bonds. The zero-order valence-electron chi connectivity index (χ0n) is 19.2. The number of hydrogen-bond donors (Lipinski definition) is 1. The van der Waals surface area contributed by atoms with E-state index >= 15 is 4.39 Å². The molecule has 9 heteroatoms. The summed E-state index contributed by atoms with van der Waals surface area (Å²) in [6.07, 6.45) is 7.83. The fourth-order valence-corrected chi connectivity index (χ4v) is 4.48. The number of fused-ring (bicyclic) bond motifs is 2. The van der Waals surface area contributed by atoms with Crippen molar-refractivity contribution in [3.63, 3.8) is 0 Å². The highest BCUT2D eigenvalue weighted by Gasteiger charge is 2.26. The van der Waals surface area contributed by atoms with Crippen LogP contribution >= 0.6 is 0 Å². The van der Waals surface area contributed by atoms with Crippen LogP contribution in [0, 0.1) is 24.0 Å². The van der Waals surface area contributed by atoms with Crippen molar-refractivity contribution in [2.75, 3.05) is 31.8 Å². The largest absolute Gasteiger partial charge is 0.508 e. The minimum atomic E-state index is -0.762. The van der Waals surface area contributed by atoms with Gasteiger partial charge in [-0.25, -0.2) is 8.78 Å². The molecule has 7 nitrogen and oxygen atoms in total. The molecule has 1 N–H and O–H groups in total. The smallest absolute Gasteiger partial charge is 0.318 e. The molecule has 0 aliphatic carbocycles. The molecule has 5 rings (SSSR count). The van der Waals surface area contributed by atoms with E-state index in [0.717, 1.165) is 6.42 Å². The molecule has 1 unspecified atom stereocenters. The Morgan fingerprint density at radius 2 is 2.06 bits per heavy atom. The second kappa shape index (κ2) is 8.96. The van der Waals surface area contributed by atoms with Crippen LogP contribution in [-0.2, 0) is 4.74 Å². The molecule has 0 saturated carbocycles. The van der Waals surface area contributed by atoms with E-state index in [1.54, 1.807) is 0 Å². The molecule has 1 saturated heterocycles. The maximum atomic E-state index is 16.1. The summed E-state index contributed by atoms with van der Waals surface area (Å²) in [6, 6.07) is 5.51. The van der Waals surface area contributed by atoms with E-state index < -0.39 is 11.6 Å². The van der Waals surface area contributed by atoms with E-state index in [1.165, 1.54) is 37.6 Å². The molecule has 178 valence electrons. The Morgan fingerprint density at radius 1 is 1.23 bits per heavy atom. The Morgan fingerprint density at radius 3 is 2.83 bits per heavy atom. The summed E-state index contributed by atoms with van der Waals surface area (Å²) < 4.78 is 41.5. The number of methoxy groups -OCH3 is 1. The lowest BCUT2D eigenvalue weighted by atomic mass is 9.96. The van der Waals surface area contributed by atoms with Crippen molar-refractivity contribution in [3.05, 3.63) is 47.7 Å². The number of halogens is 2. The van der Waals surface area contributed by atoms with Crippen molar-refractivity contribution in [2.45, 2.75) is 19.4 Å². The topological polar surface area (TPSA) is 80.6 Å². The average molecular weight is 476 g/mol. The molecule has 0 bridgehead atoms. The third-order valence-electron chi connectivity index (χ3n) is 6.24. The third-order valence-corrected chi connectivity index (χ3v) is 6.24. The summed E-state index contributed by atoms with van der Waals surface area (Å²) in [7, 11) is 1.41. The van der Waals surface area contributed by atoms with Crippen LogP contribution in [-0.4, -0.2) is 53.0 Å². The van der Waals surface area contributed by atoms with Crippen molar-refractivity contribution in [3.8, 4) is 35.4 Å². The van der Waals surface area contributed by atoms with Gasteiger partial charge in [0.15, 0.2) is 5.82 Å². The maximum Gasteiger partial charge on any atom is 0.318 e. The quantitative estimate of drug-likeness (QED) is 0.438. The summed E-state index contributed by atoms with van der Waals surface area (Å²) >= 11 is 0. The second-order valence-electron chi connectivity index (χ2n) is 8.32. The molecule has 3 heterocycles. The van der Waals surface area contributed by atoms with Crippen LogP contribution in [0.15, 0.2) is 30.5 Å². The van der Waals surface area contributed by atoms with Gasteiger partial charge in [0.05, 0.1) is 24.7 Å². The highest BCUT2D eigenvalue weighted by atomic mass is 19.1. The van der Waals surface area contributed by atoms with Crippen LogP contribution in [0.5, 0.6) is 11.8 Å². The summed E-state index contributed by atoms with van der Waals surface area (Å²) in [6.45, 7) is 3.72. The van der Waals surface area contributed by atoms with Gasteiger partial charge in [-0.1, -0.05) is 12.0 Å². The van der Waals surface area contributed by atoms with Crippen LogP contribution in [0.4, 0.5) is 14.6 Å². The molecule has 1 aliphatic rings. The van der Waals surface area contributed by atoms with Gasteiger partial charge < -0.3 is 19.5 Å². The molecule has 2 aromatic carbocycles. The van der Waals surface area contributed by atoms with Gasteiger partial charge in [0.25, 0.3) is 0 Å². The first-order chi connectivity index (χ1) is 16.9. The van der Waals surface area contributed by atoms with Gasteiger partial charge in [-0.3, -0.25) is 4.98 Å². The first kappa shape index (κ1) is 22.7. The molecule has 4 aromatic rings. The highest BCUT2D eigenvalue weighted by molar-refractivity contribution is 6.03. The lowest BCUT2D eigenvalue weighted by Gasteiger charge is -2.28. The van der Waals surface area contributed by atoms with Crippen LogP contribution in [0.25, 0.3) is 32.9 Å². The predicted octanol–water partition coefficient (Wildman–Crippen LogP) is 4.43. The lowest BCUT2D eigenvalue weighted by molar-refractivity contribution is 0.150. The number of pyridine rings is 1. The zero-order valence-corrected chi connectivity index (χ0v) is 19.2. The number of aromatic hydroxyl groups is 1. The standard InChI is InChI=1S/C26H22F2N4O3/c1-4-17-20(27)6-5-15-11-16(33)12-18(21(15)17)23-22(28)24-19(13-29-23)25(31-26(30-24)34-3)32-8-10-35-9-7-14(32)2/h1,5-6,11-14,33H,7-10H2,2-3H3. The summed E-state index contributed by atoms with van der Waals surface area (Å²) in [5.74, 6) is 1.29. The highest BCUT2D eigenvalue weighted by Crippen LogP contribution is 2.38. The van der Waals surface area contributed by atoms with Gasteiger partial charge in [-0.2, -0.15) is 9.97 Å². The predicted molar refractivity (Wildman–Crippen MR) is 129 cm³/mol. The van der Waals surface area contributed by atoms with Crippen LogP contribution in [0.2, 0.25) is 0 Å². The Labute approximate surface area is 200 Å². The van der Waals surface area contributed by atoms with Gasteiger partial charge in [-0.05, 0) is 36.9 Å². The first-order valence-corrected chi connectivity index (χ1v) is 11.1. The molecular formula is C26H22F2N4O3. The van der Waals surface area contributed by atoms with E-state index in [1.807, 2.05) is 11.8 Å². The average Bonchev–Trinajstić information content (AvgIpc) is 3.07. The number of ether oxygens (including phenoxy) is 2. The Bertz CT molecular complexity index is 1500. The van der Waals surface area contributed by atoms with Crippen molar-refractivity contribution in [2.24, 2.45) is 0 Å². The van der Waals surface area contributed by atoms with Crippen molar-refractivity contribution < 1.29 is 23.4 Å². The van der Waals surface area contributed by atoms with E-state index in [4.69, 9.17) is 15.9 Å². The van der Waals surface area contributed by atoms with Gasteiger partial charge in [0.2, 0.25) is 0 Å². The van der Waals surface area contributed by atoms with Crippen molar-refractivity contribution in [1.82, 2.24) is 15.0 Å². The number of rotatable bonds is 3. The Kier molecular flexibility index (Phi) is 5.83. The maximum absolute atomic E-state index is 16.1. The van der Waals surface area contributed by atoms with E-state index in [-0.39, 0.29) is 45.5 Å². The number of anilines is 1. The Hall–Kier alpha value is -4.03. The second-order valence-corrected chi connectivity index (χ2v) is 8.32. The molecule has 0 spiro atoms. The van der Waals surface area contributed by atoms with Crippen LogP contribution < -0.4 is 9.64 Å². The molecule has 1 fully saturated rings. The van der Waals surface area contributed by atoms with E-state index in [0.29, 0.717) is 36.3 Å². The zero-order chi connectivity index (χ0) is 24.7.